The number of rotatable bonds is 0. The second-order valence-electron chi connectivity index (χ2n) is 10.7. The van der Waals surface area contributed by atoms with Crippen LogP contribution in [0.15, 0.2) is 23.5 Å². The van der Waals surface area contributed by atoms with E-state index in [9.17, 15) is 0 Å². The minimum atomic E-state index is 0. The van der Waals surface area contributed by atoms with E-state index in [1.54, 1.807) is 0 Å². The van der Waals surface area contributed by atoms with Gasteiger partial charge in [0.2, 0.25) is 0 Å². The van der Waals surface area contributed by atoms with Gasteiger partial charge in [-0.15, -0.1) is 0 Å². The molecule has 0 aliphatic carbocycles. The Morgan fingerprint density at radius 3 is 0.850 bits per heavy atom. The Kier molecular flexibility index (Phi) is 22.1. The largest absolute Gasteiger partial charge is 0.357 e. The van der Waals surface area contributed by atoms with Gasteiger partial charge in [0.15, 0.2) is 0 Å². The number of allylic oxidation sites excluding steroid dienone is 2. The minimum Gasteiger partial charge on any atom is -0.357 e. The molecule has 1 fully saturated rings. The Labute approximate surface area is 255 Å². The zero-order chi connectivity index (χ0) is 26.2. The van der Waals surface area contributed by atoms with E-state index in [4.69, 9.17) is 0 Å². The Bertz CT molecular complexity index is 784. The molecule has 0 amide bonds. The molecular weight excluding hydrogens is 492 g/mol. The fourth-order valence-electron chi connectivity index (χ4n) is 4.99. The van der Waals surface area contributed by atoms with Crippen molar-refractivity contribution in [2.45, 2.75) is 137 Å². The standard InChI is InChI=1S/C12H18N2.C8H18N2.C8H16N2.6CH4/c1-8-6-11-12(7-9(8)2)14(5)10(3)13(11)4;2*1-6-7(2)10(5)8(3)9(6)4;;;;;;/h6-7,10H,1-5H3;6-8H,1-5H3;8H,1-5H3;6*1H4. The van der Waals surface area contributed by atoms with Crippen LogP contribution >= 0.6 is 0 Å². The van der Waals surface area contributed by atoms with E-state index in [0.29, 0.717) is 30.6 Å². The lowest BCUT2D eigenvalue weighted by Crippen LogP contribution is -2.35. The molecule has 1 aromatic carbocycles. The van der Waals surface area contributed by atoms with Gasteiger partial charge in [0.1, 0.15) is 0 Å². The lowest BCUT2D eigenvalue weighted by atomic mass is 10.1. The number of nitrogens with zero attached hydrogens (tertiary/aromatic N) is 6. The molecule has 2 unspecified atom stereocenters. The number of hydrogen-bond donors (Lipinski definition) is 0. The summed E-state index contributed by atoms with van der Waals surface area (Å²) in [5, 5.41) is 0. The first-order chi connectivity index (χ1) is 15.6. The van der Waals surface area contributed by atoms with Gasteiger partial charge in [-0.25, -0.2) is 0 Å². The van der Waals surface area contributed by atoms with E-state index in [1.807, 2.05) is 0 Å². The second-order valence-corrected chi connectivity index (χ2v) is 10.7. The molecule has 40 heavy (non-hydrogen) atoms. The molecular formula is C34H76N6. The van der Waals surface area contributed by atoms with E-state index >= 15 is 0 Å². The molecule has 2 atom stereocenters. The Morgan fingerprint density at radius 1 is 0.425 bits per heavy atom. The predicted molar refractivity (Wildman–Crippen MR) is 190 cm³/mol. The van der Waals surface area contributed by atoms with E-state index < -0.39 is 0 Å². The molecule has 0 N–H and O–H groups in total. The van der Waals surface area contributed by atoms with Gasteiger partial charge in [-0.2, -0.15) is 0 Å². The third-order valence-corrected chi connectivity index (χ3v) is 9.34. The van der Waals surface area contributed by atoms with Crippen LogP contribution < -0.4 is 9.80 Å². The first-order valence-electron chi connectivity index (χ1n) is 12.8. The highest BCUT2D eigenvalue weighted by atomic mass is 15.4. The van der Waals surface area contributed by atoms with Crippen LogP contribution in [-0.4, -0.2) is 92.5 Å². The van der Waals surface area contributed by atoms with Gasteiger partial charge in [0, 0.05) is 51.7 Å². The molecule has 0 saturated carbocycles. The Balaban J connectivity index is -0.000000145. The first kappa shape index (κ1) is 47.8. The zero-order valence-electron chi connectivity index (χ0n) is 24.7. The van der Waals surface area contributed by atoms with Crippen LogP contribution in [-0.2, 0) is 0 Å². The topological polar surface area (TPSA) is 19.4 Å². The molecule has 6 nitrogen and oxygen atoms in total. The van der Waals surface area contributed by atoms with E-state index in [-0.39, 0.29) is 44.6 Å². The third kappa shape index (κ3) is 9.04. The molecule has 0 radical (unpaired) electrons. The maximum absolute atomic E-state index is 2.41. The summed E-state index contributed by atoms with van der Waals surface area (Å²) in [5.74, 6) is 0. The summed E-state index contributed by atoms with van der Waals surface area (Å²) in [7, 11) is 13.0. The van der Waals surface area contributed by atoms with Crippen molar-refractivity contribution in [1.29, 1.82) is 0 Å². The summed E-state index contributed by atoms with van der Waals surface area (Å²) in [5.41, 5.74) is 8.22. The fourth-order valence-corrected chi connectivity index (χ4v) is 4.99. The van der Waals surface area contributed by atoms with Crippen LogP contribution in [0, 0.1) is 13.8 Å². The van der Waals surface area contributed by atoms with Crippen molar-refractivity contribution in [3.8, 4) is 0 Å². The van der Waals surface area contributed by atoms with Crippen molar-refractivity contribution in [2.24, 2.45) is 0 Å². The highest BCUT2D eigenvalue weighted by Crippen LogP contribution is 2.39. The summed E-state index contributed by atoms with van der Waals surface area (Å²) < 4.78 is 0. The highest BCUT2D eigenvalue weighted by molar-refractivity contribution is 5.78. The van der Waals surface area contributed by atoms with Gasteiger partial charge in [-0.3, -0.25) is 9.80 Å². The van der Waals surface area contributed by atoms with Gasteiger partial charge in [0.25, 0.3) is 0 Å². The summed E-state index contributed by atoms with van der Waals surface area (Å²) in [6.45, 7) is 19.9. The van der Waals surface area contributed by atoms with Crippen LogP contribution in [0.25, 0.3) is 0 Å². The van der Waals surface area contributed by atoms with Crippen LogP contribution in [0.5, 0.6) is 0 Å². The normalized spacial score (nSPS) is 22.2. The number of aryl methyl sites for hydroxylation is 2. The predicted octanol–water partition coefficient (Wildman–Crippen LogP) is 8.80. The van der Waals surface area contributed by atoms with Crippen molar-refractivity contribution in [3.05, 3.63) is 34.7 Å². The van der Waals surface area contributed by atoms with Gasteiger partial charge >= 0.3 is 0 Å². The van der Waals surface area contributed by atoms with Crippen molar-refractivity contribution < 1.29 is 0 Å². The molecule has 1 saturated heterocycles. The molecule has 3 heterocycles. The van der Waals surface area contributed by atoms with Crippen molar-refractivity contribution in [3.63, 3.8) is 0 Å². The second kappa shape index (κ2) is 18.5. The summed E-state index contributed by atoms with van der Waals surface area (Å²) in [6.07, 6.45) is 1.59. The van der Waals surface area contributed by atoms with Crippen LogP contribution in [0.2, 0.25) is 0 Å². The number of fused-ring (bicyclic) bond motifs is 1. The SMILES string of the molecule is C.C.C.C.C.C.CC1=C(C)N(C)C(C)N1C.CC1C(C)N(C)C(C)N1C.Cc1cc2c(cc1C)N(C)C(C)N2C. The van der Waals surface area contributed by atoms with Gasteiger partial charge in [-0.05, 0) is 99.7 Å². The Hall–Kier alpha value is -1.92. The number of hydrogen-bond acceptors (Lipinski definition) is 6. The van der Waals surface area contributed by atoms with Crippen LogP contribution in [0.3, 0.4) is 0 Å². The van der Waals surface area contributed by atoms with E-state index in [2.05, 4.69) is 146 Å². The maximum Gasteiger partial charge on any atom is 0.0982 e. The van der Waals surface area contributed by atoms with Crippen molar-refractivity contribution in [1.82, 2.24) is 19.6 Å². The molecule has 4 rings (SSSR count). The molecule has 0 aromatic heterocycles. The van der Waals surface area contributed by atoms with E-state index in [0.717, 1.165) is 0 Å². The molecule has 0 bridgehead atoms. The van der Waals surface area contributed by atoms with Crippen LogP contribution in [0.1, 0.15) is 104 Å². The molecule has 242 valence electrons. The van der Waals surface area contributed by atoms with Crippen molar-refractivity contribution in [2.75, 3.05) is 52.1 Å². The molecule has 6 heteroatoms. The first-order valence-corrected chi connectivity index (χ1v) is 12.8. The van der Waals surface area contributed by atoms with Crippen LogP contribution in [0.4, 0.5) is 11.4 Å². The zero-order valence-corrected chi connectivity index (χ0v) is 24.7. The van der Waals surface area contributed by atoms with Gasteiger partial charge in [0.05, 0.1) is 29.9 Å². The van der Waals surface area contributed by atoms with Gasteiger partial charge < -0.3 is 19.6 Å². The summed E-state index contributed by atoms with van der Waals surface area (Å²) in [4.78, 5) is 14.0. The smallest absolute Gasteiger partial charge is 0.0982 e. The lowest BCUT2D eigenvalue weighted by molar-refractivity contribution is 0.185. The Morgan fingerprint density at radius 2 is 0.675 bits per heavy atom. The fraction of sp³-hybridized carbons (Fsp3) is 0.765. The molecule has 0 spiro atoms. The number of anilines is 2. The monoisotopic (exact) mass is 569 g/mol. The number of benzene rings is 1. The maximum atomic E-state index is 2.41. The average molecular weight is 569 g/mol. The van der Waals surface area contributed by atoms with Gasteiger partial charge in [-0.1, -0.05) is 44.6 Å². The quantitative estimate of drug-likeness (QED) is 0.309. The minimum absolute atomic E-state index is 0. The molecule has 1 aromatic rings. The molecule has 3 aliphatic heterocycles. The third-order valence-electron chi connectivity index (χ3n) is 9.34. The average Bonchev–Trinajstić information content (AvgIpc) is 3.20. The van der Waals surface area contributed by atoms with E-state index in [1.165, 1.54) is 33.9 Å². The number of likely N-dealkylation sites (N-methyl/N-ethyl adjacent to an activating group) is 2. The summed E-state index contributed by atoms with van der Waals surface area (Å²) in [6, 6.07) is 5.95. The lowest BCUT2D eigenvalue weighted by Gasteiger charge is -2.25. The van der Waals surface area contributed by atoms with Crippen molar-refractivity contribution >= 4 is 11.4 Å². The summed E-state index contributed by atoms with van der Waals surface area (Å²) >= 11 is 0. The molecule has 3 aliphatic rings. The highest BCUT2D eigenvalue weighted by Gasteiger charge is 2.34.